The summed E-state index contributed by atoms with van der Waals surface area (Å²) in [6, 6.07) is 8.14. The lowest BCUT2D eigenvalue weighted by Gasteiger charge is -2.38. The fourth-order valence-corrected chi connectivity index (χ4v) is 4.29. The van der Waals surface area contributed by atoms with Crippen molar-refractivity contribution in [3.05, 3.63) is 69.0 Å². The molecule has 4 rings (SSSR count). The molecule has 0 unspecified atom stereocenters. The van der Waals surface area contributed by atoms with Crippen LogP contribution in [0.5, 0.6) is 5.75 Å². The molecule has 11 nitrogen and oxygen atoms in total. The van der Waals surface area contributed by atoms with Crippen LogP contribution in [0.4, 0.5) is 5.69 Å². The second-order valence-electron chi connectivity index (χ2n) is 9.11. The lowest BCUT2D eigenvalue weighted by Crippen LogP contribution is -2.49. The highest BCUT2D eigenvalue weighted by molar-refractivity contribution is 5.89. The molecule has 1 aromatic carbocycles. The van der Waals surface area contributed by atoms with Crippen LogP contribution in [-0.4, -0.2) is 76.4 Å². The van der Waals surface area contributed by atoms with Crippen LogP contribution in [-0.2, 0) is 16.1 Å². The van der Waals surface area contributed by atoms with Gasteiger partial charge in [0.1, 0.15) is 5.75 Å². The molecule has 3 N–H and O–H groups in total. The topological polar surface area (TPSA) is 145 Å². The molecule has 1 saturated carbocycles. The van der Waals surface area contributed by atoms with Crippen molar-refractivity contribution in [3.8, 4) is 5.75 Å². The molecule has 1 aliphatic carbocycles. The quantitative estimate of drug-likeness (QED) is 0.455. The van der Waals surface area contributed by atoms with Gasteiger partial charge in [0, 0.05) is 68.6 Å². The lowest BCUT2D eigenvalue weighted by molar-refractivity contribution is -0.134. The van der Waals surface area contributed by atoms with Gasteiger partial charge in [-0.1, -0.05) is 12.1 Å². The van der Waals surface area contributed by atoms with Crippen LogP contribution in [0.3, 0.4) is 0 Å². The van der Waals surface area contributed by atoms with Gasteiger partial charge in [-0.25, -0.2) is 14.4 Å². The van der Waals surface area contributed by atoms with E-state index < -0.39 is 11.9 Å². The summed E-state index contributed by atoms with van der Waals surface area (Å²) in [7, 11) is 1.71. The molecular formula is C25H32N4O7. The fourth-order valence-electron chi connectivity index (χ4n) is 4.29. The number of benzene rings is 1. The molecule has 1 saturated heterocycles. The second kappa shape index (κ2) is 11.7. The Balaban J connectivity index is 0.000000392. The number of hydrogen-bond acceptors (Lipinski definition) is 7. The number of aliphatic carboxylic acids is 2. The van der Waals surface area contributed by atoms with E-state index in [1.807, 2.05) is 18.2 Å². The summed E-state index contributed by atoms with van der Waals surface area (Å²) in [6.07, 6.45) is 4.75. The van der Waals surface area contributed by atoms with E-state index in [4.69, 9.17) is 14.9 Å². The molecule has 0 bridgehead atoms. The summed E-state index contributed by atoms with van der Waals surface area (Å²) < 4.78 is 6.88. The van der Waals surface area contributed by atoms with Gasteiger partial charge in [-0.05, 0) is 31.9 Å². The zero-order valence-electron chi connectivity index (χ0n) is 20.5. The standard InChI is InChI=1S/C21H28N4O3.C4H4O4/c1-16-13-22-20(27)25(19(16)26)15-21(7-8-21)14-23-9-11-24(12-10-23)17-5-3-4-6-18(17)28-2;5-3(6)1-2-4(7)8/h3-6,13H,7-12,14-15H2,1-2H3,(H,22,27);1-2H,(H,5,6)(H,7,8)/b;2-1+. The SMILES string of the molecule is COc1ccccc1N1CCN(CC2(Cn3c(=O)[nH]cc(C)c3=O)CC2)CC1.O=C(O)/C=C/C(=O)O. The number of nitrogens with zero attached hydrogens (tertiary/aromatic N) is 3. The molecule has 0 amide bonds. The zero-order valence-corrected chi connectivity index (χ0v) is 20.5. The van der Waals surface area contributed by atoms with Crippen molar-refractivity contribution in [1.29, 1.82) is 0 Å². The average Bonchev–Trinajstić information content (AvgIpc) is 3.63. The Hall–Kier alpha value is -3.86. The predicted octanol–water partition coefficient (Wildman–Crippen LogP) is 1.17. The first-order chi connectivity index (χ1) is 17.1. The van der Waals surface area contributed by atoms with Gasteiger partial charge in [0.2, 0.25) is 0 Å². The van der Waals surface area contributed by atoms with E-state index in [1.165, 1.54) is 10.8 Å². The number of ether oxygens (including phenoxy) is 1. The van der Waals surface area contributed by atoms with Gasteiger partial charge in [0.15, 0.2) is 0 Å². The number of aromatic nitrogens is 2. The zero-order chi connectivity index (χ0) is 26.3. The number of nitrogens with one attached hydrogen (secondary N) is 1. The number of para-hydroxylation sites is 2. The molecule has 194 valence electrons. The van der Waals surface area contributed by atoms with Crippen molar-refractivity contribution in [3.63, 3.8) is 0 Å². The van der Waals surface area contributed by atoms with Crippen LogP contribution in [0.1, 0.15) is 18.4 Å². The third-order valence-electron chi connectivity index (χ3n) is 6.42. The highest BCUT2D eigenvalue weighted by Gasteiger charge is 2.45. The Morgan fingerprint density at radius 2 is 1.64 bits per heavy atom. The van der Waals surface area contributed by atoms with E-state index >= 15 is 0 Å². The van der Waals surface area contributed by atoms with Crippen molar-refractivity contribution in [2.75, 3.05) is 44.7 Å². The molecule has 0 atom stereocenters. The summed E-state index contributed by atoms with van der Waals surface area (Å²) in [5.41, 5.74) is 1.31. The van der Waals surface area contributed by atoms with Crippen molar-refractivity contribution < 1.29 is 24.5 Å². The number of piperazine rings is 1. The van der Waals surface area contributed by atoms with E-state index in [1.54, 1.807) is 14.0 Å². The minimum Gasteiger partial charge on any atom is -0.495 e. The number of rotatable bonds is 8. The summed E-state index contributed by atoms with van der Waals surface area (Å²) in [6.45, 7) is 7.02. The third-order valence-corrected chi connectivity index (χ3v) is 6.42. The van der Waals surface area contributed by atoms with E-state index in [-0.39, 0.29) is 16.7 Å². The Kier molecular flexibility index (Phi) is 8.70. The monoisotopic (exact) mass is 500 g/mol. The number of hydrogen-bond donors (Lipinski definition) is 3. The third kappa shape index (κ3) is 7.08. The number of anilines is 1. The van der Waals surface area contributed by atoms with Gasteiger partial charge in [-0.3, -0.25) is 14.3 Å². The molecular weight excluding hydrogens is 468 g/mol. The maximum absolute atomic E-state index is 12.4. The van der Waals surface area contributed by atoms with E-state index in [0.29, 0.717) is 24.3 Å². The molecule has 0 spiro atoms. The van der Waals surface area contributed by atoms with Crippen LogP contribution < -0.4 is 20.9 Å². The van der Waals surface area contributed by atoms with Crippen molar-refractivity contribution in [1.82, 2.24) is 14.5 Å². The predicted molar refractivity (Wildman–Crippen MR) is 134 cm³/mol. The van der Waals surface area contributed by atoms with Crippen molar-refractivity contribution in [2.45, 2.75) is 26.3 Å². The number of carboxylic acids is 2. The number of methoxy groups -OCH3 is 1. The number of carbonyl (C=O) groups is 2. The van der Waals surface area contributed by atoms with Gasteiger partial charge in [-0.2, -0.15) is 0 Å². The van der Waals surface area contributed by atoms with Gasteiger partial charge >= 0.3 is 17.6 Å². The van der Waals surface area contributed by atoms with Gasteiger partial charge in [0.05, 0.1) is 12.8 Å². The van der Waals surface area contributed by atoms with Crippen LogP contribution >= 0.6 is 0 Å². The molecule has 36 heavy (non-hydrogen) atoms. The maximum Gasteiger partial charge on any atom is 0.328 e. The lowest BCUT2D eigenvalue weighted by atomic mass is 10.1. The molecule has 1 aliphatic heterocycles. The average molecular weight is 501 g/mol. The molecule has 2 aromatic rings. The van der Waals surface area contributed by atoms with Crippen LogP contribution in [0.25, 0.3) is 0 Å². The fraction of sp³-hybridized carbons (Fsp3) is 0.440. The van der Waals surface area contributed by atoms with Crippen LogP contribution in [0, 0.1) is 12.3 Å². The summed E-state index contributed by atoms with van der Waals surface area (Å²) >= 11 is 0. The Bertz CT molecular complexity index is 1210. The molecule has 2 heterocycles. The summed E-state index contributed by atoms with van der Waals surface area (Å²) in [4.78, 5) is 51.1. The molecule has 2 fully saturated rings. The smallest absolute Gasteiger partial charge is 0.328 e. The van der Waals surface area contributed by atoms with Crippen molar-refractivity contribution in [2.24, 2.45) is 5.41 Å². The van der Waals surface area contributed by atoms with Crippen molar-refractivity contribution >= 4 is 17.6 Å². The van der Waals surface area contributed by atoms with E-state index in [2.05, 4.69) is 20.9 Å². The minimum atomic E-state index is -1.26. The molecule has 11 heteroatoms. The van der Waals surface area contributed by atoms with Gasteiger partial charge < -0.3 is 24.8 Å². The summed E-state index contributed by atoms with van der Waals surface area (Å²) in [5.74, 6) is -1.60. The highest BCUT2D eigenvalue weighted by Crippen LogP contribution is 2.47. The number of aryl methyl sites for hydroxylation is 1. The molecule has 2 aliphatic rings. The number of H-pyrrole nitrogens is 1. The summed E-state index contributed by atoms with van der Waals surface area (Å²) in [5, 5.41) is 15.6. The molecule has 1 aromatic heterocycles. The highest BCUT2D eigenvalue weighted by atomic mass is 16.5. The number of aromatic amines is 1. The maximum atomic E-state index is 12.4. The first-order valence-electron chi connectivity index (χ1n) is 11.7. The van der Waals surface area contributed by atoms with Crippen LogP contribution in [0.15, 0.2) is 52.2 Å². The first kappa shape index (κ1) is 26.7. The van der Waals surface area contributed by atoms with Gasteiger partial charge in [-0.15, -0.1) is 0 Å². The Labute approximate surface area is 208 Å². The van der Waals surface area contributed by atoms with E-state index in [0.717, 1.165) is 57.0 Å². The largest absolute Gasteiger partial charge is 0.495 e. The minimum absolute atomic E-state index is 0.0528. The number of carboxylic acid groups (broad SMARTS) is 2. The van der Waals surface area contributed by atoms with E-state index in [9.17, 15) is 19.2 Å². The van der Waals surface area contributed by atoms with Gasteiger partial charge in [0.25, 0.3) is 5.56 Å². The first-order valence-corrected chi connectivity index (χ1v) is 11.7. The second-order valence-corrected chi connectivity index (χ2v) is 9.11. The molecule has 0 radical (unpaired) electrons. The Morgan fingerprint density at radius 1 is 1.03 bits per heavy atom. The normalized spacial score (nSPS) is 16.8. The Morgan fingerprint density at radius 3 is 2.19 bits per heavy atom. The van der Waals surface area contributed by atoms with Crippen LogP contribution in [0.2, 0.25) is 0 Å².